The first-order valence-corrected chi connectivity index (χ1v) is 10.3. The van der Waals surface area contributed by atoms with Crippen molar-refractivity contribution in [2.75, 3.05) is 49.9 Å². The summed E-state index contributed by atoms with van der Waals surface area (Å²) >= 11 is 0. The lowest BCUT2D eigenvalue weighted by molar-refractivity contribution is -0.119. The summed E-state index contributed by atoms with van der Waals surface area (Å²) < 4.78 is 26.4. The highest BCUT2D eigenvalue weighted by Crippen LogP contribution is 2.19. The largest absolute Gasteiger partial charge is 0.369 e. The molecule has 2 fully saturated rings. The molecule has 2 heterocycles. The topological polar surface area (TPSA) is 81.8 Å². The summed E-state index contributed by atoms with van der Waals surface area (Å²) in [5.74, 6) is -0.872. The normalized spacial score (nSPS) is 20.5. The first-order chi connectivity index (χ1) is 11.9. The fourth-order valence-corrected chi connectivity index (χ4v) is 4.67. The molecule has 154 valence electrons. The summed E-state index contributed by atoms with van der Waals surface area (Å²) in [6, 6.07) is 8.24. The third-order valence-electron chi connectivity index (χ3n) is 4.74. The summed E-state index contributed by atoms with van der Waals surface area (Å²) in [5, 5.41) is 5.95. The van der Waals surface area contributed by atoms with Crippen molar-refractivity contribution in [2.45, 2.75) is 19.4 Å². The van der Waals surface area contributed by atoms with Crippen molar-refractivity contribution in [3.8, 4) is 0 Å². The maximum absolute atomic E-state index is 12.5. The number of nitrogens with zero attached hydrogens (tertiary/aromatic N) is 2. The van der Waals surface area contributed by atoms with E-state index in [9.17, 15) is 13.2 Å². The molecule has 0 bridgehead atoms. The van der Waals surface area contributed by atoms with Gasteiger partial charge in [-0.3, -0.25) is 4.79 Å². The fourth-order valence-electron chi connectivity index (χ4n) is 3.35. The van der Waals surface area contributed by atoms with Gasteiger partial charge in [0.1, 0.15) is 5.75 Å². The van der Waals surface area contributed by atoms with Crippen LogP contribution in [0, 0.1) is 6.92 Å². The van der Waals surface area contributed by atoms with Gasteiger partial charge in [0, 0.05) is 44.5 Å². The van der Waals surface area contributed by atoms with E-state index in [1.807, 2.05) is 25.1 Å². The van der Waals surface area contributed by atoms with Crippen LogP contribution < -0.4 is 15.5 Å². The van der Waals surface area contributed by atoms with E-state index in [1.165, 1.54) is 9.87 Å². The van der Waals surface area contributed by atoms with Crippen LogP contribution in [-0.2, 0) is 14.8 Å². The van der Waals surface area contributed by atoms with E-state index in [4.69, 9.17) is 0 Å². The van der Waals surface area contributed by atoms with Crippen LogP contribution in [0.1, 0.15) is 12.0 Å². The quantitative estimate of drug-likeness (QED) is 0.709. The zero-order chi connectivity index (χ0) is 17.9. The second-order valence-electron chi connectivity index (χ2n) is 6.74. The van der Waals surface area contributed by atoms with E-state index in [2.05, 4.69) is 21.6 Å². The number of anilines is 1. The van der Waals surface area contributed by atoms with Crippen molar-refractivity contribution >= 4 is 46.4 Å². The Morgan fingerprint density at radius 2 is 1.93 bits per heavy atom. The number of sulfonamides is 1. The maximum Gasteiger partial charge on any atom is 0.236 e. The lowest BCUT2D eigenvalue weighted by atomic mass is 10.2. The van der Waals surface area contributed by atoms with Gasteiger partial charge in [-0.2, -0.15) is 4.31 Å². The number of rotatable bonds is 5. The van der Waals surface area contributed by atoms with Crippen molar-refractivity contribution in [1.82, 2.24) is 14.9 Å². The Hall–Kier alpha value is -1.06. The van der Waals surface area contributed by atoms with Gasteiger partial charge in [-0.1, -0.05) is 12.1 Å². The molecule has 3 rings (SSSR count). The summed E-state index contributed by atoms with van der Waals surface area (Å²) in [7, 11) is -3.56. The molecule has 2 N–H and O–H groups in total. The molecule has 0 radical (unpaired) electrons. The van der Waals surface area contributed by atoms with Crippen LogP contribution >= 0.6 is 24.8 Å². The van der Waals surface area contributed by atoms with Crippen LogP contribution in [0.2, 0.25) is 0 Å². The van der Waals surface area contributed by atoms with Gasteiger partial charge < -0.3 is 15.5 Å². The van der Waals surface area contributed by atoms with E-state index in [0.717, 1.165) is 18.7 Å². The third kappa shape index (κ3) is 6.50. The van der Waals surface area contributed by atoms with E-state index in [0.29, 0.717) is 32.7 Å². The third-order valence-corrected chi connectivity index (χ3v) is 6.52. The zero-order valence-electron chi connectivity index (χ0n) is 15.4. The van der Waals surface area contributed by atoms with Gasteiger partial charge in [-0.05, 0) is 37.6 Å². The minimum Gasteiger partial charge on any atom is -0.369 e. The number of aryl methyl sites for hydroxylation is 1. The van der Waals surface area contributed by atoms with Crippen LogP contribution in [0.4, 0.5) is 5.69 Å². The minimum absolute atomic E-state index is 0. The molecule has 2 saturated heterocycles. The highest BCUT2D eigenvalue weighted by atomic mass is 35.5. The van der Waals surface area contributed by atoms with E-state index in [-0.39, 0.29) is 30.9 Å². The number of carbonyl (C=O) groups is 1. The molecule has 2 aliphatic heterocycles. The van der Waals surface area contributed by atoms with Gasteiger partial charge in [0.2, 0.25) is 15.9 Å². The van der Waals surface area contributed by atoms with E-state index >= 15 is 0 Å². The molecular weight excluding hydrogens is 411 g/mol. The number of benzene rings is 1. The highest BCUT2D eigenvalue weighted by molar-refractivity contribution is 7.89. The summed E-state index contributed by atoms with van der Waals surface area (Å²) in [4.78, 5) is 14.2. The van der Waals surface area contributed by atoms with Crippen molar-refractivity contribution in [2.24, 2.45) is 0 Å². The summed E-state index contributed by atoms with van der Waals surface area (Å²) in [6.45, 7) is 5.71. The fraction of sp³-hybridized carbons (Fsp3) is 0.588. The Morgan fingerprint density at radius 1 is 1.22 bits per heavy atom. The molecular formula is C17H28Cl2N4O3S. The van der Waals surface area contributed by atoms with Gasteiger partial charge >= 0.3 is 0 Å². The Morgan fingerprint density at radius 3 is 2.52 bits per heavy atom. The van der Waals surface area contributed by atoms with Gasteiger partial charge in [-0.25, -0.2) is 8.42 Å². The summed E-state index contributed by atoms with van der Waals surface area (Å²) in [5.41, 5.74) is 2.30. The Bertz CT molecular complexity index is 719. The number of piperazine rings is 1. The first kappa shape index (κ1) is 24.0. The van der Waals surface area contributed by atoms with Crippen LogP contribution in [0.5, 0.6) is 0 Å². The van der Waals surface area contributed by atoms with E-state index in [1.54, 1.807) is 0 Å². The predicted octanol–water partition coefficient (Wildman–Crippen LogP) is 0.769. The van der Waals surface area contributed by atoms with E-state index < -0.39 is 21.7 Å². The number of hydrogen-bond donors (Lipinski definition) is 2. The monoisotopic (exact) mass is 438 g/mol. The lowest BCUT2D eigenvalue weighted by Crippen LogP contribution is -2.51. The summed E-state index contributed by atoms with van der Waals surface area (Å²) in [6.07, 6.45) is 0.848. The van der Waals surface area contributed by atoms with Crippen LogP contribution in [0.15, 0.2) is 24.3 Å². The molecule has 1 amide bonds. The molecule has 0 spiro atoms. The predicted molar refractivity (Wildman–Crippen MR) is 113 cm³/mol. The van der Waals surface area contributed by atoms with Gasteiger partial charge in [0.05, 0.1) is 0 Å². The SMILES string of the molecule is Cc1cccc(N2CCN(S(=O)(=O)CC(=O)NC3CCNC3)CC2)c1.Cl.Cl. The van der Waals surface area contributed by atoms with Gasteiger partial charge in [0.25, 0.3) is 0 Å². The van der Waals surface area contributed by atoms with Crippen LogP contribution in [0.3, 0.4) is 0 Å². The van der Waals surface area contributed by atoms with Gasteiger partial charge in [0.15, 0.2) is 0 Å². The molecule has 27 heavy (non-hydrogen) atoms. The second kappa shape index (κ2) is 10.5. The average Bonchev–Trinajstić information content (AvgIpc) is 3.07. The Balaban J connectivity index is 0.00000182. The highest BCUT2D eigenvalue weighted by Gasteiger charge is 2.30. The number of amides is 1. The van der Waals surface area contributed by atoms with Crippen molar-refractivity contribution in [3.05, 3.63) is 29.8 Å². The number of hydrogen-bond acceptors (Lipinski definition) is 5. The minimum atomic E-state index is -3.56. The van der Waals surface area contributed by atoms with Crippen molar-refractivity contribution in [3.63, 3.8) is 0 Å². The number of carbonyl (C=O) groups excluding carboxylic acids is 1. The molecule has 0 saturated carbocycles. The van der Waals surface area contributed by atoms with Crippen LogP contribution in [0.25, 0.3) is 0 Å². The standard InChI is InChI=1S/C17H26N4O3S.2ClH/c1-14-3-2-4-16(11-14)20-7-9-21(10-8-20)25(23,24)13-17(22)19-15-5-6-18-12-15;;/h2-4,11,15,18H,5-10,12-13H2,1H3,(H,19,22);2*1H. The number of halogens is 2. The smallest absolute Gasteiger partial charge is 0.236 e. The molecule has 1 aromatic carbocycles. The molecule has 10 heteroatoms. The first-order valence-electron chi connectivity index (χ1n) is 8.73. The molecule has 1 aromatic rings. The van der Waals surface area contributed by atoms with Crippen molar-refractivity contribution < 1.29 is 13.2 Å². The lowest BCUT2D eigenvalue weighted by Gasteiger charge is -2.35. The molecule has 7 nitrogen and oxygen atoms in total. The number of nitrogens with one attached hydrogen (secondary N) is 2. The molecule has 0 aromatic heterocycles. The Labute approximate surface area is 173 Å². The van der Waals surface area contributed by atoms with Crippen LogP contribution in [-0.4, -0.2) is 69.7 Å². The molecule has 2 aliphatic rings. The second-order valence-corrected chi connectivity index (χ2v) is 8.71. The zero-order valence-corrected chi connectivity index (χ0v) is 17.8. The maximum atomic E-state index is 12.5. The average molecular weight is 439 g/mol. The Kier molecular flexibility index (Phi) is 9.30. The van der Waals surface area contributed by atoms with Crippen molar-refractivity contribution in [1.29, 1.82) is 0 Å². The molecule has 0 aliphatic carbocycles. The molecule has 1 unspecified atom stereocenters. The molecule has 1 atom stereocenters. The van der Waals surface area contributed by atoms with Gasteiger partial charge in [-0.15, -0.1) is 24.8 Å².